The van der Waals surface area contributed by atoms with Gasteiger partial charge in [-0.1, -0.05) is 18.2 Å². The van der Waals surface area contributed by atoms with E-state index in [4.69, 9.17) is 15.2 Å². The summed E-state index contributed by atoms with van der Waals surface area (Å²) in [4.78, 5) is 29.0. The molecule has 1 aromatic carbocycles. The zero-order valence-corrected chi connectivity index (χ0v) is 15.9. The maximum absolute atomic E-state index is 13.5. The zero-order chi connectivity index (χ0) is 22.2. The molecule has 3 N–H and O–H groups in total. The molecule has 4 rings (SSSR count). The van der Waals surface area contributed by atoms with E-state index in [1.165, 1.54) is 24.3 Å². The Morgan fingerprint density at radius 1 is 1.19 bits per heavy atom. The summed E-state index contributed by atoms with van der Waals surface area (Å²) in [7, 11) is 0. The smallest absolute Gasteiger partial charge is 0.431 e. The minimum atomic E-state index is -4.84. The number of nitrogens with zero attached hydrogens (tertiary/aromatic N) is 1. The first-order chi connectivity index (χ1) is 14.7. The number of alkyl halides is 3. The fraction of sp³-hybridized carbons (Fsp3) is 0.190. The lowest BCUT2D eigenvalue weighted by Crippen LogP contribution is -2.51. The molecule has 3 aromatic rings. The lowest BCUT2D eigenvalue weighted by molar-refractivity contribution is -0.168. The first kappa shape index (κ1) is 20.6. The predicted molar refractivity (Wildman–Crippen MR) is 103 cm³/mol. The van der Waals surface area contributed by atoms with E-state index in [1.54, 1.807) is 23.4 Å². The van der Waals surface area contributed by atoms with E-state index in [2.05, 4.69) is 4.98 Å². The Morgan fingerprint density at radius 3 is 2.42 bits per heavy atom. The van der Waals surface area contributed by atoms with E-state index in [0.717, 1.165) is 11.6 Å². The number of H-pyrrole nitrogens is 1. The van der Waals surface area contributed by atoms with Crippen LogP contribution < -0.4 is 16.0 Å². The van der Waals surface area contributed by atoms with Gasteiger partial charge in [-0.3, -0.25) is 14.6 Å². The van der Waals surface area contributed by atoms with Crippen LogP contribution in [-0.4, -0.2) is 29.1 Å². The van der Waals surface area contributed by atoms with Gasteiger partial charge in [-0.25, -0.2) is 0 Å². The van der Waals surface area contributed by atoms with Crippen LogP contribution in [0.25, 0.3) is 11.1 Å². The van der Waals surface area contributed by atoms with Crippen molar-refractivity contribution in [3.63, 3.8) is 0 Å². The second kappa shape index (κ2) is 7.55. The summed E-state index contributed by atoms with van der Waals surface area (Å²) in [5.74, 6) is -0.719. The monoisotopic (exact) mass is 431 g/mol. The molecule has 0 saturated carbocycles. The van der Waals surface area contributed by atoms with Crippen LogP contribution in [0.15, 0.2) is 59.7 Å². The molecule has 1 amide bonds. The number of primary amides is 1. The summed E-state index contributed by atoms with van der Waals surface area (Å²) in [6.45, 7) is 0.612. The number of halogens is 3. The molecule has 0 spiro atoms. The van der Waals surface area contributed by atoms with Gasteiger partial charge in [-0.05, 0) is 29.8 Å². The molecule has 1 saturated heterocycles. The van der Waals surface area contributed by atoms with Gasteiger partial charge in [-0.15, -0.1) is 0 Å². The Bertz CT molecular complexity index is 1170. The van der Waals surface area contributed by atoms with E-state index in [0.29, 0.717) is 19.0 Å². The highest BCUT2D eigenvalue weighted by molar-refractivity contribution is 5.94. The number of benzene rings is 1. The van der Waals surface area contributed by atoms with Crippen molar-refractivity contribution in [1.82, 2.24) is 9.97 Å². The minimum Gasteiger partial charge on any atom is -0.478 e. The van der Waals surface area contributed by atoms with Crippen LogP contribution in [0.5, 0.6) is 5.75 Å². The van der Waals surface area contributed by atoms with Crippen LogP contribution >= 0.6 is 0 Å². The fourth-order valence-electron chi connectivity index (χ4n) is 3.30. The van der Waals surface area contributed by atoms with Gasteiger partial charge in [0.25, 0.3) is 11.5 Å². The Balaban J connectivity index is 1.69. The van der Waals surface area contributed by atoms with Crippen LogP contribution in [0.3, 0.4) is 0 Å². The van der Waals surface area contributed by atoms with Crippen LogP contribution in [-0.2, 0) is 16.5 Å². The van der Waals surface area contributed by atoms with Crippen molar-refractivity contribution < 1.29 is 27.4 Å². The molecule has 31 heavy (non-hydrogen) atoms. The number of carbonyl (C=O) groups excluding carboxylic acids is 1. The number of aromatic nitrogens is 2. The van der Waals surface area contributed by atoms with Gasteiger partial charge in [-0.2, -0.15) is 13.2 Å². The molecule has 10 heteroatoms. The number of rotatable bonds is 5. The van der Waals surface area contributed by atoms with Gasteiger partial charge in [0.15, 0.2) is 5.60 Å². The number of carbonyl (C=O) groups is 1. The fourth-order valence-corrected chi connectivity index (χ4v) is 3.30. The Kier molecular flexibility index (Phi) is 5.02. The molecule has 160 valence electrons. The molecule has 3 heterocycles. The number of ether oxygens (including phenoxy) is 2. The molecule has 0 radical (unpaired) electrons. The summed E-state index contributed by atoms with van der Waals surface area (Å²) >= 11 is 0. The molecule has 0 bridgehead atoms. The van der Waals surface area contributed by atoms with Crippen molar-refractivity contribution in [2.45, 2.75) is 11.8 Å². The van der Waals surface area contributed by atoms with Gasteiger partial charge in [0.1, 0.15) is 17.0 Å². The SMILES string of the molecule is NC(=O)c1cc(-c2ccc(OC3(c4cccnc4)COC3)cc2)c(C(F)(F)F)[nH]c1=O. The number of hydrogen-bond donors (Lipinski definition) is 2. The Labute approximate surface area is 173 Å². The topological polar surface area (TPSA) is 107 Å². The van der Waals surface area contributed by atoms with Gasteiger partial charge < -0.3 is 20.2 Å². The van der Waals surface area contributed by atoms with Crippen molar-refractivity contribution in [2.75, 3.05) is 13.2 Å². The molecule has 0 unspecified atom stereocenters. The third-order valence-electron chi connectivity index (χ3n) is 4.93. The van der Waals surface area contributed by atoms with Gasteiger partial charge in [0.05, 0.1) is 13.2 Å². The maximum Gasteiger partial charge on any atom is 0.431 e. The number of hydrogen-bond acceptors (Lipinski definition) is 5. The number of nitrogens with two attached hydrogens (primary N) is 1. The van der Waals surface area contributed by atoms with Crippen molar-refractivity contribution >= 4 is 5.91 Å². The molecule has 0 atom stereocenters. The number of pyridine rings is 2. The molecule has 0 aliphatic carbocycles. The zero-order valence-electron chi connectivity index (χ0n) is 15.9. The van der Waals surface area contributed by atoms with E-state index >= 15 is 0 Å². The average Bonchev–Trinajstić information content (AvgIpc) is 2.71. The Morgan fingerprint density at radius 2 is 1.90 bits per heavy atom. The number of amides is 1. The van der Waals surface area contributed by atoms with E-state index < -0.39 is 34.5 Å². The largest absolute Gasteiger partial charge is 0.478 e. The first-order valence-electron chi connectivity index (χ1n) is 9.12. The van der Waals surface area contributed by atoms with Crippen molar-refractivity contribution in [2.24, 2.45) is 5.73 Å². The lowest BCUT2D eigenvalue weighted by Gasteiger charge is -2.41. The molecule has 1 aliphatic rings. The van der Waals surface area contributed by atoms with E-state index in [-0.39, 0.29) is 11.1 Å². The van der Waals surface area contributed by atoms with Gasteiger partial charge in [0, 0.05) is 23.5 Å². The lowest BCUT2D eigenvalue weighted by atomic mass is 9.93. The summed E-state index contributed by atoms with van der Waals surface area (Å²) < 4.78 is 51.8. The third kappa shape index (κ3) is 3.89. The van der Waals surface area contributed by atoms with Crippen molar-refractivity contribution in [3.8, 4) is 16.9 Å². The van der Waals surface area contributed by atoms with E-state index in [9.17, 15) is 22.8 Å². The van der Waals surface area contributed by atoms with Crippen molar-refractivity contribution in [3.05, 3.63) is 82.0 Å². The second-order valence-corrected chi connectivity index (χ2v) is 7.02. The van der Waals surface area contributed by atoms with Gasteiger partial charge >= 0.3 is 6.18 Å². The molecular weight excluding hydrogens is 415 g/mol. The highest BCUT2D eigenvalue weighted by Gasteiger charge is 2.43. The Hall–Kier alpha value is -3.66. The normalized spacial score (nSPS) is 15.2. The van der Waals surface area contributed by atoms with Crippen LogP contribution in [0.1, 0.15) is 21.6 Å². The summed E-state index contributed by atoms with van der Waals surface area (Å²) in [6, 6.07) is 10.3. The highest BCUT2D eigenvalue weighted by Crippen LogP contribution is 2.38. The standard InChI is InChI=1S/C21H16F3N3O4/c22-21(23,24)17-15(8-16(18(25)28)19(29)27-17)12-3-5-14(6-4-12)31-20(10-30-11-20)13-2-1-7-26-9-13/h1-9H,10-11H2,(H2,25,28)(H,27,29). The van der Waals surface area contributed by atoms with Crippen LogP contribution in [0.4, 0.5) is 13.2 Å². The average molecular weight is 431 g/mol. The maximum atomic E-state index is 13.5. The van der Waals surface area contributed by atoms with Crippen LogP contribution in [0.2, 0.25) is 0 Å². The second-order valence-electron chi connectivity index (χ2n) is 7.02. The number of nitrogens with one attached hydrogen (secondary N) is 1. The molecule has 2 aromatic heterocycles. The van der Waals surface area contributed by atoms with E-state index in [1.807, 2.05) is 6.07 Å². The summed E-state index contributed by atoms with van der Waals surface area (Å²) in [5.41, 5.74) is 1.91. The molecule has 1 fully saturated rings. The quantitative estimate of drug-likeness (QED) is 0.646. The first-order valence-corrected chi connectivity index (χ1v) is 9.12. The number of aromatic amines is 1. The van der Waals surface area contributed by atoms with Crippen molar-refractivity contribution in [1.29, 1.82) is 0 Å². The molecular formula is C21H16F3N3O4. The summed E-state index contributed by atoms with van der Waals surface area (Å²) in [5, 5.41) is 0. The molecule has 7 nitrogen and oxygen atoms in total. The predicted octanol–water partition coefficient (Wildman–Crippen LogP) is 2.86. The third-order valence-corrected chi connectivity index (χ3v) is 4.93. The van der Waals surface area contributed by atoms with Crippen LogP contribution in [0, 0.1) is 0 Å². The highest BCUT2D eigenvalue weighted by atomic mass is 19.4. The van der Waals surface area contributed by atoms with Gasteiger partial charge in [0.2, 0.25) is 0 Å². The summed E-state index contributed by atoms with van der Waals surface area (Å²) in [6.07, 6.45) is -1.54. The molecule has 1 aliphatic heterocycles. The minimum absolute atomic E-state index is 0.124.